The van der Waals surface area contributed by atoms with Gasteiger partial charge in [-0.3, -0.25) is 0 Å². The van der Waals surface area contributed by atoms with Crippen LogP contribution in [0.4, 0.5) is 0 Å². The summed E-state index contributed by atoms with van der Waals surface area (Å²) >= 11 is 5.99. The highest BCUT2D eigenvalue weighted by Crippen LogP contribution is 2.34. The van der Waals surface area contributed by atoms with Crippen molar-refractivity contribution in [2.45, 2.75) is 0 Å². The third-order valence-electron chi connectivity index (χ3n) is 13.2. The number of para-hydroxylation sites is 4. The third kappa shape index (κ3) is 10.4. The van der Waals surface area contributed by atoms with Crippen LogP contribution in [0.3, 0.4) is 0 Å². The summed E-state index contributed by atoms with van der Waals surface area (Å²) < 4.78 is 4.57. The zero-order chi connectivity index (χ0) is 51.9. The van der Waals surface area contributed by atoms with Crippen LogP contribution in [-0.4, -0.2) is 57.0 Å². The molecule has 0 aliphatic rings. The van der Waals surface area contributed by atoms with Crippen LogP contribution in [0.25, 0.3) is 112 Å². The van der Waals surface area contributed by atoms with Gasteiger partial charge in [0.15, 0.2) is 29.1 Å². The Balaban J connectivity index is 0.000000134. The molecule has 0 amide bonds. The first-order chi connectivity index (χ1) is 38.1. The summed E-state index contributed by atoms with van der Waals surface area (Å²) in [5.41, 5.74) is 12.5. The van der Waals surface area contributed by atoms with Crippen molar-refractivity contribution in [3.8, 4) is 68.3 Å². The number of fused-ring (bicyclic) bond motifs is 6. The van der Waals surface area contributed by atoms with E-state index < -0.39 is 0 Å². The van der Waals surface area contributed by atoms with Gasteiger partial charge in [0.05, 0.1) is 22.1 Å². The Morgan fingerprint density at radius 1 is 0.282 bits per heavy atom. The fourth-order valence-corrected chi connectivity index (χ4v) is 9.75. The van der Waals surface area contributed by atoms with E-state index in [-0.39, 0.29) is 10.8 Å². The van der Waals surface area contributed by atoms with Crippen molar-refractivity contribution in [3.05, 3.63) is 272 Å². The Morgan fingerprint density at radius 3 is 0.821 bits per heavy atom. The van der Waals surface area contributed by atoms with Crippen molar-refractivity contribution in [1.82, 2.24) is 39.0 Å². The fraction of sp³-hybridized carbons (Fsp3) is 0. The minimum absolute atomic E-state index is 0. The molecule has 4 aromatic heterocycles. The van der Waals surface area contributed by atoms with Crippen LogP contribution in [0.5, 0.6) is 0 Å². The molecule has 0 unspecified atom stereocenters. The zero-order valence-electron chi connectivity index (χ0n) is 41.9. The summed E-state index contributed by atoms with van der Waals surface area (Å²) in [7, 11) is 1.12. The molecule has 10 aromatic carbocycles. The van der Waals surface area contributed by atoms with E-state index in [0.29, 0.717) is 29.1 Å². The summed E-state index contributed by atoms with van der Waals surface area (Å²) in [6.07, 6.45) is 0. The Kier molecular flexibility index (Phi) is 14.8. The second-order valence-electron chi connectivity index (χ2n) is 18.0. The maximum absolute atomic E-state index is 9.07. The molecular weight excluding hydrogens is 983 g/mol. The van der Waals surface area contributed by atoms with Crippen molar-refractivity contribution in [1.29, 1.82) is 0 Å². The Labute approximate surface area is 455 Å². The van der Waals surface area contributed by atoms with Gasteiger partial charge in [0.2, 0.25) is 5.28 Å². The van der Waals surface area contributed by atoms with Crippen LogP contribution in [0.1, 0.15) is 0 Å². The number of aromatic nitrogens is 8. The third-order valence-corrected chi connectivity index (χ3v) is 13.4. The van der Waals surface area contributed by atoms with Crippen molar-refractivity contribution in [3.63, 3.8) is 0 Å². The lowest BCUT2D eigenvalue weighted by molar-refractivity contribution is 0.615. The van der Waals surface area contributed by atoms with Crippen LogP contribution in [0.15, 0.2) is 267 Å². The Hall–Kier alpha value is -9.91. The Bertz CT molecular complexity index is 4090. The lowest BCUT2D eigenvalue weighted by Crippen LogP contribution is -2.12. The first-order valence-electron chi connectivity index (χ1n) is 25.1. The molecule has 1 radical (unpaired) electrons. The van der Waals surface area contributed by atoms with E-state index >= 15 is 0 Å². The second-order valence-corrected chi connectivity index (χ2v) is 18.4. The Morgan fingerprint density at radius 2 is 0.526 bits per heavy atom. The first-order valence-corrected chi connectivity index (χ1v) is 25.5. The summed E-state index contributed by atoms with van der Waals surface area (Å²) in [4.78, 5) is 27.3. The minimum atomic E-state index is 0. The van der Waals surface area contributed by atoms with Crippen LogP contribution >= 0.6 is 11.6 Å². The molecule has 3 N–H and O–H groups in total. The predicted molar refractivity (Wildman–Crippen MR) is 318 cm³/mol. The van der Waals surface area contributed by atoms with E-state index in [1.165, 1.54) is 43.6 Å². The summed E-state index contributed by atoms with van der Waals surface area (Å²) in [5.74, 6) is 3.15. The molecule has 0 saturated carbocycles. The quantitative estimate of drug-likeness (QED) is 0.150. The van der Waals surface area contributed by atoms with Crippen LogP contribution in [0, 0.1) is 0 Å². The SMILES string of the molecule is Clc1nc(-c2ccccc2)nc(-c2ccccc2)n1.O.O[B]c1ccc(-n2c3ccccc3c3ccccc32)cc1.c1ccc(-c2nc(-c3ccccc3)nc(-c3ccc(-n4c5ccccc5c5ccccc54)cc3)n2)cc1. The number of nitrogens with zero attached hydrogens (tertiary/aromatic N) is 8. The lowest BCUT2D eigenvalue weighted by Gasteiger charge is -2.10. The summed E-state index contributed by atoms with van der Waals surface area (Å²) in [6.45, 7) is 0. The average molecular weight is 1030 g/mol. The highest BCUT2D eigenvalue weighted by molar-refractivity contribution is 6.45. The van der Waals surface area contributed by atoms with Gasteiger partial charge < -0.3 is 19.6 Å². The van der Waals surface area contributed by atoms with Gasteiger partial charge in [-0.05, 0) is 72.3 Å². The molecule has 0 spiro atoms. The van der Waals surface area contributed by atoms with E-state index in [9.17, 15) is 0 Å². The molecule has 78 heavy (non-hydrogen) atoms. The van der Waals surface area contributed by atoms with Gasteiger partial charge in [-0.2, -0.15) is 9.97 Å². The lowest BCUT2D eigenvalue weighted by atomic mass is 9.89. The molecule has 0 atom stereocenters. The number of benzene rings is 10. The fourth-order valence-electron chi connectivity index (χ4n) is 9.59. The van der Waals surface area contributed by atoms with Crippen LogP contribution < -0.4 is 5.46 Å². The molecule has 0 bridgehead atoms. The maximum Gasteiger partial charge on any atom is 0.326 e. The molecule has 0 aliphatic carbocycles. The molecule has 373 valence electrons. The number of hydrogen-bond acceptors (Lipinski definition) is 7. The predicted octanol–water partition coefficient (Wildman–Crippen LogP) is 14.0. The maximum atomic E-state index is 9.07. The highest BCUT2D eigenvalue weighted by atomic mass is 35.5. The summed E-state index contributed by atoms with van der Waals surface area (Å²) in [5, 5.41) is 14.3. The van der Waals surface area contributed by atoms with Gasteiger partial charge in [0, 0.05) is 60.7 Å². The van der Waals surface area contributed by atoms with Gasteiger partial charge in [-0.25, -0.2) is 19.9 Å². The number of hydrogen-bond donors (Lipinski definition) is 1. The monoisotopic (exact) mass is 1030 g/mol. The standard InChI is InChI=1S/C33H22N4.C18H13BNO.C15H10ClN3.H2O/c1-3-11-23(12-4-1)31-34-32(24-13-5-2-6-14-24)36-33(35-31)25-19-21-26(22-20-25)37-29-17-9-7-15-27(29)28-16-8-10-18-30(28)37;21-19-13-9-11-14(12-10-13)20-17-7-3-1-5-15(17)16-6-2-4-8-18(16)20;16-15-18-13(11-7-3-1-4-8-11)17-14(19-15)12-9-5-2-6-10-12;/h1-22H;1-12,21H;1-10H;1H2. The van der Waals surface area contributed by atoms with Gasteiger partial charge in [-0.15, -0.1) is 0 Å². The normalized spacial score (nSPS) is 10.8. The van der Waals surface area contributed by atoms with Gasteiger partial charge >= 0.3 is 7.48 Å². The topological polar surface area (TPSA) is 139 Å². The molecule has 0 aliphatic heterocycles. The van der Waals surface area contributed by atoms with Gasteiger partial charge in [0.25, 0.3) is 0 Å². The average Bonchev–Trinajstić information content (AvgIpc) is 4.11. The summed E-state index contributed by atoms with van der Waals surface area (Å²) in [6, 6.07) is 89.9. The second kappa shape index (κ2) is 22.9. The van der Waals surface area contributed by atoms with E-state index in [0.717, 1.165) is 52.1 Å². The number of rotatable bonds is 8. The van der Waals surface area contributed by atoms with E-state index in [1.54, 1.807) is 0 Å². The smallest absolute Gasteiger partial charge is 0.326 e. The van der Waals surface area contributed by atoms with Crippen molar-refractivity contribution in [2.24, 2.45) is 0 Å². The van der Waals surface area contributed by atoms with Crippen molar-refractivity contribution >= 4 is 68.2 Å². The minimum Gasteiger partial charge on any atom is -0.450 e. The molecule has 10 nitrogen and oxygen atoms in total. The van der Waals surface area contributed by atoms with E-state index in [4.69, 9.17) is 31.6 Å². The molecule has 14 rings (SSSR count). The van der Waals surface area contributed by atoms with Crippen LogP contribution in [-0.2, 0) is 0 Å². The zero-order valence-corrected chi connectivity index (χ0v) is 42.6. The molecule has 14 aromatic rings. The number of halogens is 1. The van der Waals surface area contributed by atoms with E-state index in [1.807, 2.05) is 146 Å². The largest absolute Gasteiger partial charge is 0.450 e. The van der Waals surface area contributed by atoms with Crippen molar-refractivity contribution in [2.75, 3.05) is 0 Å². The molecule has 12 heteroatoms. The highest BCUT2D eigenvalue weighted by Gasteiger charge is 2.16. The molecule has 0 saturated heterocycles. The van der Waals surface area contributed by atoms with Gasteiger partial charge in [-0.1, -0.05) is 212 Å². The van der Waals surface area contributed by atoms with Crippen LogP contribution in [0.2, 0.25) is 5.28 Å². The van der Waals surface area contributed by atoms with Crippen molar-refractivity contribution < 1.29 is 10.5 Å². The van der Waals surface area contributed by atoms with E-state index in [2.05, 4.69) is 145 Å². The first kappa shape index (κ1) is 50.3. The molecule has 0 fully saturated rings. The van der Waals surface area contributed by atoms with Gasteiger partial charge in [0.1, 0.15) is 0 Å². The molecular formula is C66H47BClN8O2. The molecule has 4 heterocycles.